The van der Waals surface area contributed by atoms with Crippen molar-refractivity contribution in [3.8, 4) is 11.3 Å². The Hall–Kier alpha value is -3.20. The van der Waals surface area contributed by atoms with E-state index in [9.17, 15) is 14.4 Å². The number of carbonyl (C=O) groups is 3. The van der Waals surface area contributed by atoms with Gasteiger partial charge in [0.05, 0.1) is 11.1 Å². The highest BCUT2D eigenvalue weighted by molar-refractivity contribution is 5.94. The fourth-order valence-electron chi connectivity index (χ4n) is 5.18. The van der Waals surface area contributed by atoms with E-state index in [0.717, 1.165) is 30.5 Å². The molecule has 2 aromatic rings. The number of amides is 3. The van der Waals surface area contributed by atoms with Crippen molar-refractivity contribution in [2.24, 2.45) is 12.5 Å². The average molecular weight is 510 g/mol. The van der Waals surface area contributed by atoms with Crippen molar-refractivity contribution in [1.82, 2.24) is 25.3 Å². The highest BCUT2D eigenvalue weighted by atomic mass is 16.5. The Morgan fingerprint density at radius 3 is 2.49 bits per heavy atom. The van der Waals surface area contributed by atoms with Gasteiger partial charge in [0.25, 0.3) is 5.91 Å². The van der Waals surface area contributed by atoms with Crippen LogP contribution in [0.4, 0.5) is 0 Å². The molecule has 1 spiro atoms. The summed E-state index contributed by atoms with van der Waals surface area (Å²) < 4.78 is 7.42. The lowest BCUT2D eigenvalue weighted by atomic mass is 9.73. The lowest BCUT2D eigenvalue weighted by molar-refractivity contribution is -0.137. The van der Waals surface area contributed by atoms with E-state index in [4.69, 9.17) is 4.74 Å². The number of rotatable bonds is 2. The number of hydrogen-bond donors (Lipinski definition) is 2. The summed E-state index contributed by atoms with van der Waals surface area (Å²) in [5, 5.41) is 10.3. The van der Waals surface area contributed by atoms with E-state index in [1.165, 1.54) is 5.56 Å². The predicted molar refractivity (Wildman–Crippen MR) is 141 cm³/mol. The molecule has 0 radical (unpaired) electrons. The zero-order chi connectivity index (χ0) is 26.4. The Balaban J connectivity index is 1.44. The second-order valence-electron chi connectivity index (χ2n) is 10.4. The summed E-state index contributed by atoms with van der Waals surface area (Å²) in [6, 6.07) is 9.38. The van der Waals surface area contributed by atoms with Crippen molar-refractivity contribution >= 4 is 17.7 Å². The van der Waals surface area contributed by atoms with Gasteiger partial charge in [-0.25, -0.2) is 0 Å². The molecular weight excluding hydrogens is 470 g/mol. The smallest absolute Gasteiger partial charge is 0.274 e. The summed E-state index contributed by atoms with van der Waals surface area (Å²) in [6.45, 7) is 6.49. The van der Waals surface area contributed by atoms with Crippen LogP contribution in [0.25, 0.3) is 11.3 Å². The van der Waals surface area contributed by atoms with E-state index >= 15 is 0 Å². The third-order valence-corrected chi connectivity index (χ3v) is 7.64. The monoisotopic (exact) mass is 509 g/mol. The highest BCUT2D eigenvalue weighted by Crippen LogP contribution is 2.38. The maximum absolute atomic E-state index is 13.5. The van der Waals surface area contributed by atoms with Gasteiger partial charge in [0, 0.05) is 39.9 Å². The fraction of sp³-hybridized carbons (Fsp3) is 0.571. The molecule has 9 heteroatoms. The second kappa shape index (κ2) is 11.9. The van der Waals surface area contributed by atoms with Gasteiger partial charge in [-0.15, -0.1) is 0 Å². The van der Waals surface area contributed by atoms with Crippen LogP contribution in [0, 0.1) is 12.3 Å². The molecule has 2 aliphatic heterocycles. The largest absolute Gasteiger partial charge is 0.381 e. The normalized spacial score (nSPS) is 21.7. The molecule has 0 unspecified atom stereocenters. The molecule has 4 rings (SSSR count). The van der Waals surface area contributed by atoms with Crippen LogP contribution in [0.5, 0.6) is 0 Å². The Morgan fingerprint density at radius 2 is 1.76 bits per heavy atom. The molecule has 0 aliphatic carbocycles. The number of ether oxygens (including phenoxy) is 1. The molecule has 1 atom stereocenters. The van der Waals surface area contributed by atoms with E-state index in [0.29, 0.717) is 57.8 Å². The Labute approximate surface area is 218 Å². The Morgan fingerprint density at radius 1 is 1.05 bits per heavy atom. The number of likely N-dealkylation sites (tertiary alicyclic amines) is 1. The molecular formula is C28H39N5O4. The van der Waals surface area contributed by atoms with Crippen molar-refractivity contribution < 1.29 is 19.1 Å². The standard InChI is InChI=1S/C28H39N5O4/c1-20-7-9-22(10-8-20)24-19-23(31-32(24)3)26(35)33-15-12-28(13-16-33)11-4-5-17-37-18-6-14-29-25(34)21(2)30-27(28)36/h7-10,19,21H,4-6,11-18H2,1-3H3,(H,29,34)(H,30,36)/t21-/m0/s1. The molecule has 2 N–H and O–H groups in total. The molecule has 9 nitrogen and oxygen atoms in total. The molecule has 0 bridgehead atoms. The van der Waals surface area contributed by atoms with Crippen molar-refractivity contribution in [2.75, 3.05) is 32.8 Å². The van der Waals surface area contributed by atoms with Crippen LogP contribution in [0.3, 0.4) is 0 Å². The Bertz CT molecular complexity index is 1100. The van der Waals surface area contributed by atoms with Crippen LogP contribution in [-0.2, 0) is 21.4 Å². The van der Waals surface area contributed by atoms with E-state index in [-0.39, 0.29) is 17.7 Å². The van der Waals surface area contributed by atoms with E-state index in [1.807, 2.05) is 44.3 Å². The van der Waals surface area contributed by atoms with E-state index in [2.05, 4.69) is 15.7 Å². The van der Waals surface area contributed by atoms with Crippen LogP contribution in [-0.4, -0.2) is 71.3 Å². The highest BCUT2D eigenvalue weighted by Gasteiger charge is 2.43. The van der Waals surface area contributed by atoms with Crippen LogP contribution in [0.2, 0.25) is 0 Å². The third kappa shape index (κ3) is 6.39. The number of nitrogens with zero attached hydrogens (tertiary/aromatic N) is 3. The van der Waals surface area contributed by atoms with Gasteiger partial charge < -0.3 is 20.3 Å². The molecule has 2 fully saturated rings. The summed E-state index contributed by atoms with van der Waals surface area (Å²) in [7, 11) is 1.84. The van der Waals surface area contributed by atoms with Crippen LogP contribution >= 0.6 is 0 Å². The van der Waals surface area contributed by atoms with Crippen molar-refractivity contribution in [3.05, 3.63) is 41.6 Å². The van der Waals surface area contributed by atoms with E-state index in [1.54, 1.807) is 16.5 Å². The first kappa shape index (κ1) is 26.9. The first-order valence-electron chi connectivity index (χ1n) is 13.4. The van der Waals surface area contributed by atoms with Crippen LogP contribution < -0.4 is 10.6 Å². The lowest BCUT2D eigenvalue weighted by Crippen LogP contribution is -2.54. The van der Waals surface area contributed by atoms with Crippen molar-refractivity contribution in [3.63, 3.8) is 0 Å². The van der Waals surface area contributed by atoms with Gasteiger partial charge in [0.2, 0.25) is 11.8 Å². The number of piperidine rings is 1. The van der Waals surface area contributed by atoms with Crippen molar-refractivity contribution in [2.45, 2.75) is 58.4 Å². The first-order valence-corrected chi connectivity index (χ1v) is 13.4. The molecule has 1 aromatic carbocycles. The van der Waals surface area contributed by atoms with E-state index < -0.39 is 11.5 Å². The number of benzene rings is 1. The minimum atomic E-state index is -0.610. The SMILES string of the molecule is Cc1ccc(-c2cc(C(=O)N3CCC4(CCCCOCCCNC(=O)[C@H](C)NC4=O)CC3)nn2C)cc1. The van der Waals surface area contributed by atoms with Gasteiger partial charge in [-0.3, -0.25) is 19.1 Å². The number of aryl methyl sites for hydroxylation is 2. The van der Waals surface area contributed by atoms with Gasteiger partial charge in [-0.1, -0.05) is 36.2 Å². The average Bonchev–Trinajstić information content (AvgIpc) is 3.28. The minimum Gasteiger partial charge on any atom is -0.381 e. The van der Waals surface area contributed by atoms with Gasteiger partial charge in [0.1, 0.15) is 6.04 Å². The quantitative estimate of drug-likeness (QED) is 0.648. The zero-order valence-corrected chi connectivity index (χ0v) is 22.2. The Kier molecular flexibility index (Phi) is 8.63. The number of hydrogen-bond acceptors (Lipinski definition) is 5. The number of nitrogens with one attached hydrogen (secondary N) is 2. The molecule has 2 saturated heterocycles. The molecule has 3 amide bonds. The number of carbonyl (C=O) groups excluding carboxylic acids is 3. The van der Waals surface area contributed by atoms with Crippen LogP contribution in [0.15, 0.2) is 30.3 Å². The maximum Gasteiger partial charge on any atom is 0.274 e. The summed E-state index contributed by atoms with van der Waals surface area (Å²) >= 11 is 0. The van der Waals surface area contributed by atoms with Gasteiger partial charge in [0.15, 0.2) is 5.69 Å². The number of aromatic nitrogens is 2. The summed E-state index contributed by atoms with van der Waals surface area (Å²) in [5.41, 5.74) is 2.88. The predicted octanol–water partition coefficient (Wildman–Crippen LogP) is 2.83. The molecule has 37 heavy (non-hydrogen) atoms. The second-order valence-corrected chi connectivity index (χ2v) is 10.4. The van der Waals surface area contributed by atoms with Crippen molar-refractivity contribution in [1.29, 1.82) is 0 Å². The lowest BCUT2D eigenvalue weighted by Gasteiger charge is -2.41. The zero-order valence-electron chi connectivity index (χ0n) is 22.2. The molecule has 2 aliphatic rings. The summed E-state index contributed by atoms with van der Waals surface area (Å²) in [4.78, 5) is 41.0. The molecule has 3 heterocycles. The summed E-state index contributed by atoms with van der Waals surface area (Å²) in [5.74, 6) is -0.404. The summed E-state index contributed by atoms with van der Waals surface area (Å²) in [6.07, 6.45) is 4.31. The first-order chi connectivity index (χ1) is 17.8. The topological polar surface area (TPSA) is 106 Å². The van der Waals surface area contributed by atoms with Gasteiger partial charge in [-0.05, 0) is 57.6 Å². The van der Waals surface area contributed by atoms with Crippen LogP contribution in [0.1, 0.15) is 61.5 Å². The molecule has 0 saturated carbocycles. The van der Waals surface area contributed by atoms with Gasteiger partial charge >= 0.3 is 0 Å². The third-order valence-electron chi connectivity index (χ3n) is 7.64. The molecule has 1 aromatic heterocycles. The fourth-order valence-corrected chi connectivity index (χ4v) is 5.18. The minimum absolute atomic E-state index is 0.0975. The maximum atomic E-state index is 13.5. The molecule has 200 valence electrons. The van der Waals surface area contributed by atoms with Gasteiger partial charge in [-0.2, -0.15) is 5.10 Å².